The first-order valence-corrected chi connectivity index (χ1v) is 9.96. The number of amides is 2. The molecule has 2 fully saturated rings. The number of rotatable bonds is 8. The van der Waals surface area contributed by atoms with Gasteiger partial charge in [-0.1, -0.05) is 18.2 Å². The van der Waals surface area contributed by atoms with Crippen LogP contribution in [0.3, 0.4) is 0 Å². The van der Waals surface area contributed by atoms with E-state index in [2.05, 4.69) is 15.5 Å². The minimum absolute atomic E-state index is 0.0428. The second kappa shape index (κ2) is 10.7. The minimum atomic E-state index is -1.18. The molecule has 1 aromatic rings. The lowest BCUT2D eigenvalue weighted by Gasteiger charge is -2.26. The van der Waals surface area contributed by atoms with Crippen molar-refractivity contribution in [2.24, 2.45) is 0 Å². The number of hydrogen-bond donors (Lipinski definition) is 4. The van der Waals surface area contributed by atoms with Crippen LogP contribution < -0.4 is 10.6 Å². The number of carbonyl (C=O) groups is 2. The van der Waals surface area contributed by atoms with Gasteiger partial charge >= 0.3 is 0 Å². The van der Waals surface area contributed by atoms with Crippen molar-refractivity contribution in [3.05, 3.63) is 35.9 Å². The quantitative estimate of drug-likeness (QED) is 0.425. The number of hydrogen-bond acceptors (Lipinski definition) is 7. The van der Waals surface area contributed by atoms with Crippen molar-refractivity contribution in [1.29, 1.82) is 0 Å². The Kier molecular flexibility index (Phi) is 7.96. The third-order valence-electron chi connectivity index (χ3n) is 5.20. The Morgan fingerprint density at radius 1 is 1.03 bits per heavy atom. The molecular formula is C20H29N3O6. The van der Waals surface area contributed by atoms with Crippen LogP contribution in [0.5, 0.6) is 0 Å². The Morgan fingerprint density at radius 3 is 2.45 bits per heavy atom. The summed E-state index contributed by atoms with van der Waals surface area (Å²) < 4.78 is 10.9. The molecule has 0 aromatic heterocycles. The third kappa shape index (κ3) is 6.22. The van der Waals surface area contributed by atoms with E-state index >= 15 is 0 Å². The van der Waals surface area contributed by atoms with Gasteiger partial charge in [0.25, 0.3) is 5.91 Å². The van der Waals surface area contributed by atoms with Crippen LogP contribution >= 0.6 is 0 Å². The number of aliphatic hydroxyl groups is 2. The van der Waals surface area contributed by atoms with Gasteiger partial charge in [0.2, 0.25) is 5.91 Å². The molecule has 4 atom stereocenters. The molecule has 29 heavy (non-hydrogen) atoms. The van der Waals surface area contributed by atoms with Gasteiger partial charge in [0.1, 0.15) is 18.3 Å². The summed E-state index contributed by atoms with van der Waals surface area (Å²) in [5.74, 6) is -0.538. The van der Waals surface area contributed by atoms with Gasteiger partial charge in [-0.3, -0.25) is 14.5 Å². The lowest BCUT2D eigenvalue weighted by Crippen LogP contribution is -2.42. The van der Waals surface area contributed by atoms with E-state index in [9.17, 15) is 19.8 Å². The highest BCUT2D eigenvalue weighted by molar-refractivity contribution is 5.94. The summed E-state index contributed by atoms with van der Waals surface area (Å²) in [5, 5.41) is 25.9. The molecule has 4 N–H and O–H groups in total. The van der Waals surface area contributed by atoms with Gasteiger partial charge in [0.15, 0.2) is 0 Å². The van der Waals surface area contributed by atoms with Crippen molar-refractivity contribution in [1.82, 2.24) is 15.5 Å². The van der Waals surface area contributed by atoms with Gasteiger partial charge in [-0.2, -0.15) is 0 Å². The van der Waals surface area contributed by atoms with Gasteiger partial charge in [-0.25, -0.2) is 0 Å². The number of carbonyl (C=O) groups excluding carboxylic acids is 2. The molecule has 9 heteroatoms. The van der Waals surface area contributed by atoms with Crippen molar-refractivity contribution >= 4 is 11.8 Å². The molecule has 2 aliphatic heterocycles. The molecule has 3 rings (SSSR count). The number of morpholine rings is 1. The monoisotopic (exact) mass is 407 g/mol. The van der Waals surface area contributed by atoms with Crippen LogP contribution in [-0.2, 0) is 14.3 Å². The Hall–Kier alpha value is -2.04. The molecule has 2 saturated heterocycles. The summed E-state index contributed by atoms with van der Waals surface area (Å²) in [6, 6.07) is 8.69. The zero-order valence-corrected chi connectivity index (χ0v) is 16.3. The molecule has 0 bridgehead atoms. The maximum atomic E-state index is 12.2. The lowest BCUT2D eigenvalue weighted by atomic mass is 10.1. The molecule has 160 valence electrons. The van der Waals surface area contributed by atoms with Crippen LogP contribution in [0.25, 0.3) is 0 Å². The van der Waals surface area contributed by atoms with Gasteiger partial charge in [0, 0.05) is 38.3 Å². The molecule has 2 amide bonds. The first kappa shape index (κ1) is 21.7. The topological polar surface area (TPSA) is 120 Å². The summed E-state index contributed by atoms with van der Waals surface area (Å²) in [7, 11) is 0. The standard InChI is InChI=1S/C20H29N3O6/c24-17(21-6-7-23-8-10-28-11-9-23)12-15-18(25)19(26)16(29-15)13-22-20(27)14-4-2-1-3-5-14/h1-5,15-16,18-19,25-26H,6-13H2,(H,21,24)(H,22,27). The van der Waals surface area contributed by atoms with Crippen LogP contribution in [0.1, 0.15) is 16.8 Å². The van der Waals surface area contributed by atoms with E-state index in [1.165, 1.54) is 0 Å². The molecule has 0 radical (unpaired) electrons. The SMILES string of the molecule is O=C(CC1OC(CNC(=O)c2ccccc2)C(O)C1O)NCCN1CCOCC1. The smallest absolute Gasteiger partial charge is 0.251 e. The number of benzene rings is 1. The lowest BCUT2D eigenvalue weighted by molar-refractivity contribution is -0.125. The van der Waals surface area contributed by atoms with E-state index in [-0.39, 0.29) is 24.8 Å². The van der Waals surface area contributed by atoms with Gasteiger partial charge < -0.3 is 30.3 Å². The minimum Gasteiger partial charge on any atom is -0.388 e. The molecule has 1 aromatic carbocycles. The van der Waals surface area contributed by atoms with Crippen LogP contribution in [0.4, 0.5) is 0 Å². The highest BCUT2D eigenvalue weighted by Crippen LogP contribution is 2.23. The molecule has 9 nitrogen and oxygen atoms in total. The zero-order valence-electron chi connectivity index (χ0n) is 16.3. The molecule has 4 unspecified atom stereocenters. The first-order valence-electron chi connectivity index (χ1n) is 9.96. The summed E-state index contributed by atoms with van der Waals surface area (Å²) in [5.41, 5.74) is 0.497. The predicted molar refractivity (Wildman–Crippen MR) is 104 cm³/mol. The number of nitrogens with zero attached hydrogens (tertiary/aromatic N) is 1. The Labute approximate surface area is 170 Å². The van der Waals surface area contributed by atoms with E-state index in [4.69, 9.17) is 9.47 Å². The molecule has 0 aliphatic carbocycles. The molecule has 2 heterocycles. The van der Waals surface area contributed by atoms with Crippen LogP contribution in [0.2, 0.25) is 0 Å². The van der Waals surface area contributed by atoms with Crippen molar-refractivity contribution < 1.29 is 29.3 Å². The number of nitrogens with one attached hydrogen (secondary N) is 2. The fourth-order valence-electron chi connectivity index (χ4n) is 3.48. The molecule has 0 saturated carbocycles. The molecule has 2 aliphatic rings. The number of ether oxygens (including phenoxy) is 2. The van der Waals surface area contributed by atoms with Crippen LogP contribution in [-0.4, -0.2) is 97.3 Å². The summed E-state index contributed by atoms with van der Waals surface area (Å²) in [6.45, 7) is 4.39. The average molecular weight is 407 g/mol. The fraction of sp³-hybridized carbons (Fsp3) is 0.600. The highest BCUT2D eigenvalue weighted by Gasteiger charge is 2.43. The Bertz CT molecular complexity index is 667. The predicted octanol–water partition coefficient (Wildman–Crippen LogP) is -1.26. The normalized spacial score (nSPS) is 27.5. The largest absolute Gasteiger partial charge is 0.388 e. The Balaban J connectivity index is 1.39. The first-order chi connectivity index (χ1) is 14.0. The average Bonchev–Trinajstić information content (AvgIpc) is 3.01. The highest BCUT2D eigenvalue weighted by atomic mass is 16.5. The zero-order chi connectivity index (χ0) is 20.6. The maximum absolute atomic E-state index is 12.2. The van der Waals surface area contributed by atoms with E-state index in [0.29, 0.717) is 25.3 Å². The van der Waals surface area contributed by atoms with Gasteiger partial charge in [-0.15, -0.1) is 0 Å². The third-order valence-corrected chi connectivity index (χ3v) is 5.20. The van der Waals surface area contributed by atoms with Crippen molar-refractivity contribution in [2.75, 3.05) is 45.9 Å². The number of aliphatic hydroxyl groups excluding tert-OH is 2. The summed E-state index contributed by atoms with van der Waals surface area (Å²) >= 11 is 0. The van der Waals surface area contributed by atoms with E-state index in [1.54, 1.807) is 24.3 Å². The molecule has 0 spiro atoms. The van der Waals surface area contributed by atoms with Gasteiger partial charge in [0.05, 0.1) is 25.7 Å². The van der Waals surface area contributed by atoms with Gasteiger partial charge in [-0.05, 0) is 12.1 Å². The Morgan fingerprint density at radius 2 is 1.72 bits per heavy atom. The van der Waals surface area contributed by atoms with Crippen molar-refractivity contribution in [3.8, 4) is 0 Å². The molecular weight excluding hydrogens is 378 g/mol. The second-order valence-electron chi connectivity index (χ2n) is 7.28. The maximum Gasteiger partial charge on any atom is 0.251 e. The van der Waals surface area contributed by atoms with E-state index in [0.717, 1.165) is 19.6 Å². The second-order valence-corrected chi connectivity index (χ2v) is 7.28. The summed E-state index contributed by atoms with van der Waals surface area (Å²) in [6.07, 6.45) is -3.99. The summed E-state index contributed by atoms with van der Waals surface area (Å²) in [4.78, 5) is 26.5. The van der Waals surface area contributed by atoms with Crippen LogP contribution in [0.15, 0.2) is 30.3 Å². The van der Waals surface area contributed by atoms with Crippen molar-refractivity contribution in [2.45, 2.75) is 30.8 Å². The van der Waals surface area contributed by atoms with Crippen LogP contribution in [0, 0.1) is 0 Å². The fourth-order valence-corrected chi connectivity index (χ4v) is 3.48. The van der Waals surface area contributed by atoms with Crippen molar-refractivity contribution in [3.63, 3.8) is 0 Å². The van der Waals surface area contributed by atoms with E-state index in [1.807, 2.05) is 6.07 Å². The van der Waals surface area contributed by atoms with E-state index < -0.39 is 24.4 Å².